The molecule has 1 fully saturated rings. The third-order valence-corrected chi connectivity index (χ3v) is 6.20. The maximum atomic E-state index is 13.8. The largest absolute Gasteiger partial charge is 0.358 e. The van der Waals surface area contributed by atoms with E-state index in [-0.39, 0.29) is 28.6 Å². The summed E-state index contributed by atoms with van der Waals surface area (Å²) >= 11 is 0. The van der Waals surface area contributed by atoms with Crippen molar-refractivity contribution in [3.63, 3.8) is 0 Å². The van der Waals surface area contributed by atoms with Crippen LogP contribution in [0, 0.1) is 5.82 Å². The van der Waals surface area contributed by atoms with Crippen LogP contribution in [-0.2, 0) is 12.8 Å². The lowest BCUT2D eigenvalue weighted by Gasteiger charge is -2.39. The number of benzene rings is 2. The lowest BCUT2D eigenvalue weighted by molar-refractivity contribution is 0.0888. The van der Waals surface area contributed by atoms with Crippen molar-refractivity contribution in [2.75, 3.05) is 0 Å². The molecule has 148 valence electrons. The molecule has 2 aromatic carbocycles. The standard InChI is InChI=1S/C23H22FN3O2/c24-18-7-3-6-16-21(18)25-12-17(22(16)28)23(29)27-20-9-8-19(20)26-15-10-13-4-1-2-5-14(13)11-15/h1-7,12,15,19-20,26H,8-11H2,(H,25,28)(H,27,29)/t19-,20+/m1/s1. The Morgan fingerprint density at radius 2 is 1.72 bits per heavy atom. The van der Waals surface area contributed by atoms with Gasteiger partial charge in [-0.15, -0.1) is 0 Å². The van der Waals surface area contributed by atoms with Crippen molar-refractivity contribution < 1.29 is 9.18 Å². The van der Waals surface area contributed by atoms with Crippen LogP contribution in [0.25, 0.3) is 10.9 Å². The molecule has 6 heteroatoms. The Balaban J connectivity index is 1.26. The minimum atomic E-state index is -0.507. The van der Waals surface area contributed by atoms with Crippen LogP contribution in [-0.4, -0.2) is 29.0 Å². The molecule has 3 N–H and O–H groups in total. The van der Waals surface area contributed by atoms with E-state index in [1.807, 2.05) is 0 Å². The van der Waals surface area contributed by atoms with E-state index in [9.17, 15) is 14.0 Å². The third kappa shape index (κ3) is 3.23. The molecule has 2 aliphatic rings. The van der Waals surface area contributed by atoms with Gasteiger partial charge in [0.15, 0.2) is 0 Å². The van der Waals surface area contributed by atoms with E-state index in [1.54, 1.807) is 0 Å². The number of rotatable bonds is 4. The van der Waals surface area contributed by atoms with Crippen LogP contribution >= 0.6 is 0 Å². The van der Waals surface area contributed by atoms with Crippen LogP contribution in [0.4, 0.5) is 4.39 Å². The first-order valence-corrected chi connectivity index (χ1v) is 10.0. The maximum absolute atomic E-state index is 13.8. The molecular formula is C23H22FN3O2. The monoisotopic (exact) mass is 391 g/mol. The van der Waals surface area contributed by atoms with E-state index >= 15 is 0 Å². The number of hydrogen-bond acceptors (Lipinski definition) is 3. The Labute approximate surface area is 167 Å². The second-order valence-electron chi connectivity index (χ2n) is 8.00. The summed E-state index contributed by atoms with van der Waals surface area (Å²) in [6.45, 7) is 0. The lowest BCUT2D eigenvalue weighted by atomic mass is 9.85. The number of carbonyl (C=O) groups excluding carboxylic acids is 1. The molecule has 0 bridgehead atoms. The van der Waals surface area contributed by atoms with Gasteiger partial charge in [0.1, 0.15) is 11.4 Å². The third-order valence-electron chi connectivity index (χ3n) is 6.20. The molecule has 0 radical (unpaired) electrons. The first kappa shape index (κ1) is 18.1. The molecular weight excluding hydrogens is 369 g/mol. The number of halogens is 1. The molecule has 29 heavy (non-hydrogen) atoms. The number of aromatic amines is 1. The zero-order chi connectivity index (χ0) is 20.0. The van der Waals surface area contributed by atoms with Crippen LogP contribution in [0.5, 0.6) is 0 Å². The van der Waals surface area contributed by atoms with Crippen LogP contribution < -0.4 is 16.1 Å². The number of para-hydroxylation sites is 1. The molecule has 2 aliphatic carbocycles. The van der Waals surface area contributed by atoms with Gasteiger partial charge in [0, 0.05) is 29.7 Å². The smallest absolute Gasteiger partial charge is 0.257 e. The van der Waals surface area contributed by atoms with E-state index in [1.165, 1.54) is 35.5 Å². The quantitative estimate of drug-likeness (QED) is 0.640. The first-order chi connectivity index (χ1) is 14.1. The van der Waals surface area contributed by atoms with E-state index < -0.39 is 17.2 Å². The van der Waals surface area contributed by atoms with Gasteiger partial charge in [-0.3, -0.25) is 9.59 Å². The number of nitrogens with one attached hydrogen (secondary N) is 3. The SMILES string of the molecule is O=C(N[C@H]1CC[C@H]1NC1Cc2ccccc2C1)c1c[nH]c2c(F)cccc2c1=O. The van der Waals surface area contributed by atoms with Crippen LogP contribution in [0.15, 0.2) is 53.5 Å². The summed E-state index contributed by atoms with van der Waals surface area (Å²) in [5.41, 5.74) is 2.46. The fraction of sp³-hybridized carbons (Fsp3) is 0.304. The number of amides is 1. The van der Waals surface area contributed by atoms with E-state index in [0.717, 1.165) is 25.7 Å². The topological polar surface area (TPSA) is 74.0 Å². The highest BCUT2D eigenvalue weighted by molar-refractivity contribution is 5.97. The molecule has 3 aromatic rings. The van der Waals surface area contributed by atoms with Crippen molar-refractivity contribution in [3.8, 4) is 0 Å². The Hall–Kier alpha value is -2.99. The molecule has 0 unspecified atom stereocenters. The van der Waals surface area contributed by atoms with Crippen molar-refractivity contribution in [3.05, 3.63) is 81.4 Å². The number of fused-ring (bicyclic) bond motifs is 2. The molecule has 0 aliphatic heterocycles. The van der Waals surface area contributed by atoms with Crippen LogP contribution in [0.1, 0.15) is 34.3 Å². The van der Waals surface area contributed by atoms with E-state index in [0.29, 0.717) is 6.04 Å². The van der Waals surface area contributed by atoms with E-state index in [4.69, 9.17) is 0 Å². The maximum Gasteiger partial charge on any atom is 0.257 e. The predicted molar refractivity (Wildman–Crippen MR) is 110 cm³/mol. The van der Waals surface area contributed by atoms with Crippen molar-refractivity contribution >= 4 is 16.8 Å². The van der Waals surface area contributed by atoms with Gasteiger partial charge >= 0.3 is 0 Å². The highest BCUT2D eigenvalue weighted by atomic mass is 19.1. The number of H-pyrrole nitrogens is 1. The Bertz CT molecular complexity index is 1130. The number of carbonyl (C=O) groups is 1. The van der Waals surface area contributed by atoms with Gasteiger partial charge in [-0.1, -0.05) is 30.3 Å². The number of aromatic nitrogens is 1. The summed E-state index contributed by atoms with van der Waals surface area (Å²) in [6, 6.07) is 13.3. The molecule has 1 aromatic heterocycles. The molecule has 1 saturated carbocycles. The average Bonchev–Trinajstić information content (AvgIpc) is 3.13. The molecule has 5 rings (SSSR count). The molecule has 5 nitrogen and oxygen atoms in total. The van der Waals surface area contributed by atoms with Gasteiger partial charge in [-0.2, -0.15) is 0 Å². The van der Waals surface area contributed by atoms with E-state index in [2.05, 4.69) is 39.9 Å². The van der Waals surface area contributed by atoms with Gasteiger partial charge in [0.25, 0.3) is 5.91 Å². The van der Waals surface area contributed by atoms with Crippen LogP contribution in [0.3, 0.4) is 0 Å². The van der Waals surface area contributed by atoms with Gasteiger partial charge < -0.3 is 15.6 Å². The normalized spacial score (nSPS) is 21.0. The second-order valence-corrected chi connectivity index (χ2v) is 8.00. The number of hydrogen-bond donors (Lipinski definition) is 3. The molecule has 1 heterocycles. The molecule has 0 spiro atoms. The van der Waals surface area contributed by atoms with Gasteiger partial charge in [0.05, 0.1) is 5.52 Å². The van der Waals surface area contributed by atoms with Crippen molar-refractivity contribution in [1.29, 1.82) is 0 Å². The minimum absolute atomic E-state index is 0.00572. The summed E-state index contributed by atoms with van der Waals surface area (Å²) in [6.07, 6.45) is 5.19. The molecule has 2 atom stereocenters. The minimum Gasteiger partial charge on any atom is -0.358 e. The van der Waals surface area contributed by atoms with Gasteiger partial charge in [-0.25, -0.2) is 4.39 Å². The highest BCUT2D eigenvalue weighted by Crippen LogP contribution is 2.26. The summed E-state index contributed by atoms with van der Waals surface area (Å²) in [7, 11) is 0. The van der Waals surface area contributed by atoms with Crippen molar-refractivity contribution in [1.82, 2.24) is 15.6 Å². The Morgan fingerprint density at radius 3 is 2.41 bits per heavy atom. The summed E-state index contributed by atoms with van der Waals surface area (Å²) in [5, 5.41) is 6.84. The highest BCUT2D eigenvalue weighted by Gasteiger charge is 2.35. The Morgan fingerprint density at radius 1 is 1.00 bits per heavy atom. The van der Waals surface area contributed by atoms with Crippen molar-refractivity contribution in [2.24, 2.45) is 0 Å². The van der Waals surface area contributed by atoms with Crippen molar-refractivity contribution in [2.45, 2.75) is 43.8 Å². The zero-order valence-electron chi connectivity index (χ0n) is 15.9. The fourth-order valence-electron chi connectivity index (χ4n) is 4.48. The van der Waals surface area contributed by atoms with Crippen LogP contribution in [0.2, 0.25) is 0 Å². The average molecular weight is 391 g/mol. The summed E-state index contributed by atoms with van der Waals surface area (Å²) < 4.78 is 13.8. The lowest BCUT2D eigenvalue weighted by Crippen LogP contribution is -2.59. The second kappa shape index (κ2) is 7.12. The van der Waals surface area contributed by atoms with Gasteiger partial charge in [0.2, 0.25) is 5.43 Å². The Kier molecular flexibility index (Phi) is 4.43. The summed E-state index contributed by atoms with van der Waals surface area (Å²) in [4.78, 5) is 28.1. The summed E-state index contributed by atoms with van der Waals surface area (Å²) in [5.74, 6) is -0.920. The predicted octanol–water partition coefficient (Wildman–Crippen LogP) is 2.68. The first-order valence-electron chi connectivity index (χ1n) is 10.0. The molecule has 1 amide bonds. The molecule has 0 saturated heterocycles. The number of pyridine rings is 1. The van der Waals surface area contributed by atoms with Gasteiger partial charge in [-0.05, 0) is 48.9 Å². The fourth-order valence-corrected chi connectivity index (χ4v) is 4.48. The zero-order valence-corrected chi connectivity index (χ0v) is 15.9.